The number of benzene rings is 2. The number of furan rings is 1. The van der Waals surface area contributed by atoms with Crippen LogP contribution in [0.15, 0.2) is 74.9 Å². The van der Waals surface area contributed by atoms with Crippen molar-refractivity contribution < 1.29 is 9.21 Å². The number of nitrogens with one attached hydrogen (secondary N) is 1. The van der Waals surface area contributed by atoms with Gasteiger partial charge in [0.2, 0.25) is 5.91 Å². The molecule has 0 bridgehead atoms. The number of para-hydroxylation sites is 1. The van der Waals surface area contributed by atoms with E-state index in [4.69, 9.17) is 16.0 Å². The normalized spacial score (nSPS) is 11.0. The number of hydrogen-bond acceptors (Lipinski definition) is 4. The van der Waals surface area contributed by atoms with Crippen LogP contribution >= 0.6 is 11.6 Å². The van der Waals surface area contributed by atoms with Gasteiger partial charge in [-0.2, -0.15) is 0 Å². The molecule has 2 aromatic carbocycles. The van der Waals surface area contributed by atoms with Gasteiger partial charge in [-0.3, -0.25) is 18.7 Å². The number of nitrogens with zero attached hydrogens (tertiary/aromatic N) is 2. The number of rotatable bonds is 5. The molecule has 0 unspecified atom stereocenters. The maximum absolute atomic E-state index is 13.1. The molecular formula is C22H18ClN3O4. The predicted molar refractivity (Wildman–Crippen MR) is 115 cm³/mol. The maximum Gasteiger partial charge on any atom is 0.332 e. The average molecular weight is 424 g/mol. The summed E-state index contributed by atoms with van der Waals surface area (Å²) in [5.74, 6) is 0.0557. The Labute approximate surface area is 176 Å². The smallest absolute Gasteiger partial charge is 0.332 e. The third-order valence-corrected chi connectivity index (χ3v) is 5.19. The number of amides is 1. The van der Waals surface area contributed by atoms with E-state index in [2.05, 4.69) is 5.32 Å². The van der Waals surface area contributed by atoms with Crippen molar-refractivity contribution in [2.75, 3.05) is 5.32 Å². The Morgan fingerprint density at radius 3 is 2.60 bits per heavy atom. The largest absolute Gasteiger partial charge is 0.467 e. The van der Waals surface area contributed by atoms with E-state index in [1.54, 1.807) is 54.6 Å². The van der Waals surface area contributed by atoms with Crippen LogP contribution in [0.4, 0.5) is 5.69 Å². The van der Waals surface area contributed by atoms with E-state index in [0.717, 1.165) is 10.1 Å². The third kappa shape index (κ3) is 3.79. The molecule has 152 valence electrons. The van der Waals surface area contributed by atoms with Gasteiger partial charge in [0.05, 0.1) is 23.7 Å². The molecular weight excluding hydrogens is 406 g/mol. The molecule has 0 spiro atoms. The van der Waals surface area contributed by atoms with Crippen LogP contribution in [-0.4, -0.2) is 15.0 Å². The number of fused-ring (bicyclic) bond motifs is 1. The summed E-state index contributed by atoms with van der Waals surface area (Å²) in [4.78, 5) is 38.6. The predicted octanol–water partition coefficient (Wildman–Crippen LogP) is 3.41. The molecule has 8 heteroatoms. The van der Waals surface area contributed by atoms with E-state index in [1.807, 2.05) is 6.92 Å². The Kier molecular flexibility index (Phi) is 5.29. The van der Waals surface area contributed by atoms with Crippen LogP contribution in [0.2, 0.25) is 5.02 Å². The fraction of sp³-hybridized carbons (Fsp3) is 0.136. The molecule has 1 N–H and O–H groups in total. The summed E-state index contributed by atoms with van der Waals surface area (Å²) in [6, 6.07) is 15.2. The second-order valence-electron chi connectivity index (χ2n) is 6.87. The Hall–Kier alpha value is -3.58. The van der Waals surface area contributed by atoms with E-state index < -0.39 is 17.2 Å². The molecule has 0 atom stereocenters. The highest BCUT2D eigenvalue weighted by Gasteiger charge is 2.16. The first-order valence-electron chi connectivity index (χ1n) is 9.25. The summed E-state index contributed by atoms with van der Waals surface area (Å²) in [6.45, 7) is 1.58. The van der Waals surface area contributed by atoms with Crippen molar-refractivity contribution in [1.82, 2.24) is 9.13 Å². The van der Waals surface area contributed by atoms with E-state index in [-0.39, 0.29) is 13.1 Å². The van der Waals surface area contributed by atoms with E-state index in [9.17, 15) is 14.4 Å². The lowest BCUT2D eigenvalue weighted by Gasteiger charge is -2.14. The first kappa shape index (κ1) is 19.7. The zero-order chi connectivity index (χ0) is 21.3. The molecule has 0 fully saturated rings. The quantitative estimate of drug-likeness (QED) is 0.533. The van der Waals surface area contributed by atoms with Crippen molar-refractivity contribution >= 4 is 34.1 Å². The van der Waals surface area contributed by atoms with Crippen molar-refractivity contribution in [2.45, 2.75) is 20.0 Å². The van der Waals surface area contributed by atoms with Crippen LogP contribution in [-0.2, 0) is 17.9 Å². The minimum absolute atomic E-state index is 0.0231. The molecule has 7 nitrogen and oxygen atoms in total. The highest BCUT2D eigenvalue weighted by Crippen LogP contribution is 2.20. The van der Waals surface area contributed by atoms with Crippen molar-refractivity contribution in [1.29, 1.82) is 0 Å². The van der Waals surface area contributed by atoms with E-state index in [1.165, 1.54) is 10.8 Å². The summed E-state index contributed by atoms with van der Waals surface area (Å²) in [5, 5.41) is 3.61. The Bertz CT molecular complexity index is 1350. The van der Waals surface area contributed by atoms with Crippen molar-refractivity contribution in [3.8, 4) is 0 Å². The lowest BCUT2D eigenvalue weighted by atomic mass is 10.2. The second-order valence-corrected chi connectivity index (χ2v) is 7.28. The van der Waals surface area contributed by atoms with Crippen LogP contribution in [0.1, 0.15) is 11.3 Å². The van der Waals surface area contributed by atoms with Gasteiger partial charge in [0.15, 0.2) is 0 Å². The molecule has 30 heavy (non-hydrogen) atoms. The third-order valence-electron chi connectivity index (χ3n) is 4.78. The minimum atomic E-state index is -0.591. The SMILES string of the molecule is Cc1ccc(NC(=O)Cn2c(=O)n(Cc3ccco3)c(=O)c3ccccc32)cc1Cl. The second kappa shape index (κ2) is 8.04. The van der Waals surface area contributed by atoms with Crippen LogP contribution in [0, 0.1) is 6.92 Å². The number of carbonyl (C=O) groups excluding carboxylic acids is 1. The standard InChI is InChI=1S/C22H18ClN3O4/c1-14-8-9-15(11-18(14)23)24-20(27)13-25-19-7-3-2-6-17(19)21(28)26(22(25)29)12-16-5-4-10-30-16/h2-11H,12-13H2,1H3,(H,24,27). The highest BCUT2D eigenvalue weighted by molar-refractivity contribution is 6.31. The summed E-state index contributed by atoms with van der Waals surface area (Å²) in [7, 11) is 0. The molecule has 0 aliphatic heterocycles. The summed E-state index contributed by atoms with van der Waals surface area (Å²) < 4.78 is 7.63. The Morgan fingerprint density at radius 1 is 1.07 bits per heavy atom. The first-order valence-corrected chi connectivity index (χ1v) is 9.62. The topological polar surface area (TPSA) is 86.2 Å². The van der Waals surface area contributed by atoms with Gasteiger partial charge < -0.3 is 9.73 Å². The molecule has 4 aromatic rings. The van der Waals surface area contributed by atoms with Crippen LogP contribution in [0.3, 0.4) is 0 Å². The van der Waals surface area contributed by atoms with Crippen LogP contribution in [0.25, 0.3) is 10.9 Å². The van der Waals surface area contributed by atoms with Crippen LogP contribution in [0.5, 0.6) is 0 Å². The van der Waals surface area contributed by atoms with Crippen molar-refractivity contribution in [2.24, 2.45) is 0 Å². The summed E-state index contributed by atoms with van der Waals surface area (Å²) in [6.07, 6.45) is 1.47. The number of hydrogen-bond donors (Lipinski definition) is 1. The number of halogens is 1. The minimum Gasteiger partial charge on any atom is -0.467 e. The van der Waals surface area contributed by atoms with Gasteiger partial charge in [0, 0.05) is 10.7 Å². The number of carbonyl (C=O) groups is 1. The lowest BCUT2D eigenvalue weighted by molar-refractivity contribution is -0.116. The Morgan fingerprint density at radius 2 is 1.87 bits per heavy atom. The summed E-state index contributed by atoms with van der Waals surface area (Å²) in [5.41, 5.74) is 0.778. The first-order chi connectivity index (χ1) is 14.4. The number of anilines is 1. The van der Waals surface area contributed by atoms with Gasteiger partial charge in [-0.1, -0.05) is 29.8 Å². The monoisotopic (exact) mass is 423 g/mol. The lowest BCUT2D eigenvalue weighted by Crippen LogP contribution is -2.42. The molecule has 0 radical (unpaired) electrons. The molecule has 0 saturated carbocycles. The maximum atomic E-state index is 13.1. The van der Waals surface area contributed by atoms with Gasteiger partial charge in [0.1, 0.15) is 12.3 Å². The molecule has 2 aromatic heterocycles. The molecule has 0 aliphatic carbocycles. The summed E-state index contributed by atoms with van der Waals surface area (Å²) >= 11 is 6.11. The molecule has 0 saturated heterocycles. The highest BCUT2D eigenvalue weighted by atomic mass is 35.5. The van der Waals surface area contributed by atoms with E-state index in [0.29, 0.717) is 27.4 Å². The number of aromatic nitrogens is 2. The zero-order valence-corrected chi connectivity index (χ0v) is 16.8. The molecule has 4 rings (SSSR count). The van der Waals surface area contributed by atoms with E-state index >= 15 is 0 Å². The fourth-order valence-corrected chi connectivity index (χ4v) is 3.42. The molecule has 1 amide bonds. The van der Waals surface area contributed by atoms with Crippen molar-refractivity contribution in [3.05, 3.63) is 98.0 Å². The van der Waals surface area contributed by atoms with Crippen LogP contribution < -0.4 is 16.6 Å². The van der Waals surface area contributed by atoms with Gasteiger partial charge in [-0.25, -0.2) is 4.79 Å². The zero-order valence-electron chi connectivity index (χ0n) is 16.1. The van der Waals surface area contributed by atoms with Crippen molar-refractivity contribution in [3.63, 3.8) is 0 Å². The van der Waals surface area contributed by atoms with Gasteiger partial charge in [-0.15, -0.1) is 0 Å². The van der Waals surface area contributed by atoms with Gasteiger partial charge in [0.25, 0.3) is 5.56 Å². The number of aryl methyl sites for hydroxylation is 1. The fourth-order valence-electron chi connectivity index (χ4n) is 3.24. The van der Waals surface area contributed by atoms with Gasteiger partial charge >= 0.3 is 5.69 Å². The molecule has 0 aliphatic rings. The van der Waals surface area contributed by atoms with Gasteiger partial charge in [-0.05, 0) is 48.9 Å². The molecule has 2 heterocycles. The Balaban J connectivity index is 1.73. The average Bonchev–Trinajstić information content (AvgIpc) is 3.24.